The molecule has 0 spiro atoms. The van der Waals surface area contributed by atoms with Gasteiger partial charge in [-0.1, -0.05) is 29.5 Å². The number of nitrogens with zero attached hydrogens (tertiary/aromatic N) is 2. The summed E-state index contributed by atoms with van der Waals surface area (Å²) in [5.74, 6) is 0.854. The van der Waals surface area contributed by atoms with Crippen molar-refractivity contribution < 1.29 is 13.9 Å². The Balaban J connectivity index is 1.57. The van der Waals surface area contributed by atoms with Crippen molar-refractivity contribution in [3.63, 3.8) is 0 Å². The number of hydrogen-bond donors (Lipinski definition) is 0. The minimum Gasteiger partial charge on any atom is -0.493 e. The third-order valence-corrected chi connectivity index (χ3v) is 7.16. The number of hydrogen-bond acceptors (Lipinski definition) is 5. The highest BCUT2D eigenvalue weighted by Gasteiger charge is 2.15. The molecule has 5 aromatic rings. The summed E-state index contributed by atoms with van der Waals surface area (Å²) in [5, 5.41) is 0. The van der Waals surface area contributed by atoms with Crippen LogP contribution in [0.2, 0.25) is 0 Å². The first-order valence-corrected chi connectivity index (χ1v) is 12.3. The number of methoxy groups -OCH3 is 1. The van der Waals surface area contributed by atoms with Crippen LogP contribution < -0.4 is 19.6 Å². The zero-order chi connectivity index (χ0) is 25.4. The van der Waals surface area contributed by atoms with E-state index in [1.807, 2.05) is 44.2 Å². The van der Waals surface area contributed by atoms with Gasteiger partial charge >= 0.3 is 0 Å². The predicted molar refractivity (Wildman–Crippen MR) is 143 cm³/mol. The molecule has 0 N–H and O–H groups in total. The highest BCUT2D eigenvalue weighted by atomic mass is 32.1. The van der Waals surface area contributed by atoms with E-state index in [0.29, 0.717) is 27.4 Å². The largest absolute Gasteiger partial charge is 0.493 e. The second-order valence-corrected chi connectivity index (χ2v) is 9.70. The molecule has 0 bridgehead atoms. The number of ether oxygens (including phenoxy) is 2. The molecule has 5 nitrogen and oxygen atoms in total. The SMILES string of the molecule is C=CCc1cc(/C=c2\sc3nc4cc(C)c(C)cc4n3c2=O)cc(OC)c1OCc1ccc(F)cc1. The number of aromatic nitrogens is 2. The molecule has 0 aliphatic rings. The van der Waals surface area contributed by atoms with Crippen molar-refractivity contribution in [3.8, 4) is 11.5 Å². The topological polar surface area (TPSA) is 52.8 Å². The Morgan fingerprint density at radius 3 is 2.58 bits per heavy atom. The molecule has 2 heterocycles. The minimum absolute atomic E-state index is 0.0957. The fraction of sp³-hybridized carbons (Fsp3) is 0.172. The van der Waals surface area contributed by atoms with Crippen LogP contribution in [0, 0.1) is 19.7 Å². The molecule has 0 aliphatic heterocycles. The van der Waals surface area contributed by atoms with Crippen molar-refractivity contribution in [2.75, 3.05) is 7.11 Å². The van der Waals surface area contributed by atoms with Crippen molar-refractivity contribution in [1.82, 2.24) is 9.38 Å². The Morgan fingerprint density at radius 2 is 1.86 bits per heavy atom. The lowest BCUT2D eigenvalue weighted by molar-refractivity contribution is 0.282. The van der Waals surface area contributed by atoms with Crippen LogP contribution in [-0.2, 0) is 13.0 Å². The smallest absolute Gasteiger partial charge is 0.274 e. The maximum atomic E-state index is 13.3. The van der Waals surface area contributed by atoms with E-state index in [0.717, 1.165) is 38.9 Å². The molecule has 182 valence electrons. The van der Waals surface area contributed by atoms with Gasteiger partial charge in [0.1, 0.15) is 12.4 Å². The second kappa shape index (κ2) is 9.59. The summed E-state index contributed by atoms with van der Waals surface area (Å²) in [5.41, 5.74) is 6.36. The monoisotopic (exact) mass is 500 g/mol. The summed E-state index contributed by atoms with van der Waals surface area (Å²) < 4.78 is 27.2. The van der Waals surface area contributed by atoms with Crippen LogP contribution in [0.4, 0.5) is 4.39 Å². The van der Waals surface area contributed by atoms with E-state index in [2.05, 4.69) is 11.6 Å². The quantitative estimate of drug-likeness (QED) is 0.276. The molecule has 0 amide bonds. The van der Waals surface area contributed by atoms with Crippen LogP contribution in [0.5, 0.6) is 11.5 Å². The third kappa shape index (κ3) is 4.38. The lowest BCUT2D eigenvalue weighted by Gasteiger charge is -2.16. The van der Waals surface area contributed by atoms with E-state index in [1.165, 1.54) is 23.5 Å². The number of rotatable bonds is 7. The van der Waals surface area contributed by atoms with Crippen LogP contribution in [0.1, 0.15) is 27.8 Å². The van der Waals surface area contributed by atoms with Gasteiger partial charge in [-0.05, 0) is 85.0 Å². The molecule has 36 heavy (non-hydrogen) atoms. The van der Waals surface area contributed by atoms with Crippen LogP contribution >= 0.6 is 11.3 Å². The van der Waals surface area contributed by atoms with Crippen LogP contribution in [0.15, 0.2) is 66.0 Å². The minimum atomic E-state index is -0.291. The number of benzene rings is 3. The summed E-state index contributed by atoms with van der Waals surface area (Å²) in [6, 6.07) is 14.0. The average Bonchev–Trinajstić information content (AvgIpc) is 3.35. The van der Waals surface area contributed by atoms with E-state index in [9.17, 15) is 9.18 Å². The summed E-state index contributed by atoms with van der Waals surface area (Å²) in [6.45, 7) is 8.21. The Kier molecular flexibility index (Phi) is 6.33. The lowest BCUT2D eigenvalue weighted by Crippen LogP contribution is -2.22. The molecule has 0 saturated heterocycles. The van der Waals surface area contributed by atoms with Gasteiger partial charge in [0.25, 0.3) is 5.56 Å². The zero-order valence-corrected chi connectivity index (χ0v) is 21.1. The van der Waals surface area contributed by atoms with E-state index < -0.39 is 0 Å². The van der Waals surface area contributed by atoms with Gasteiger partial charge in [-0.2, -0.15) is 0 Å². The standard InChI is InChI=1S/C29H25FN2O3S/c1-5-6-21-13-20(14-25(34-4)27(21)35-16-19-7-9-22(30)10-8-19)15-26-28(33)32-24-12-18(3)17(2)11-23(24)31-29(32)36-26/h5,7-15H,1,6,16H2,2-4H3/b26-15-. The summed E-state index contributed by atoms with van der Waals surface area (Å²) in [7, 11) is 1.58. The maximum Gasteiger partial charge on any atom is 0.274 e. The van der Waals surface area contributed by atoms with E-state index >= 15 is 0 Å². The first kappa shape index (κ1) is 23.8. The van der Waals surface area contributed by atoms with Crippen molar-refractivity contribution in [3.05, 3.63) is 110 Å². The molecule has 0 saturated carbocycles. The molecule has 3 aromatic carbocycles. The van der Waals surface area contributed by atoms with Crippen molar-refractivity contribution >= 4 is 33.4 Å². The van der Waals surface area contributed by atoms with Gasteiger partial charge in [-0.3, -0.25) is 4.79 Å². The van der Waals surface area contributed by atoms with Crippen molar-refractivity contribution in [2.24, 2.45) is 0 Å². The second-order valence-electron chi connectivity index (χ2n) is 8.69. The number of aryl methyl sites for hydroxylation is 2. The first-order valence-electron chi connectivity index (χ1n) is 11.5. The van der Waals surface area contributed by atoms with Gasteiger partial charge in [-0.15, -0.1) is 6.58 Å². The number of halogens is 1. The van der Waals surface area contributed by atoms with Crippen molar-refractivity contribution in [2.45, 2.75) is 26.9 Å². The Hall–Kier alpha value is -3.97. The molecular formula is C29H25FN2O3S. The number of thiazole rings is 1. The van der Waals surface area contributed by atoms with Gasteiger partial charge in [0.05, 0.1) is 22.7 Å². The molecule has 0 atom stereocenters. The van der Waals surface area contributed by atoms with Gasteiger partial charge in [0.2, 0.25) is 0 Å². The average molecular weight is 501 g/mol. The normalized spacial score (nSPS) is 11.9. The first-order chi connectivity index (χ1) is 17.4. The van der Waals surface area contributed by atoms with Gasteiger partial charge in [-0.25, -0.2) is 13.8 Å². The fourth-order valence-electron chi connectivity index (χ4n) is 4.20. The lowest BCUT2D eigenvalue weighted by atomic mass is 10.1. The van der Waals surface area contributed by atoms with Crippen molar-refractivity contribution in [1.29, 1.82) is 0 Å². The zero-order valence-electron chi connectivity index (χ0n) is 20.3. The molecule has 0 radical (unpaired) electrons. The highest BCUT2D eigenvalue weighted by Crippen LogP contribution is 2.34. The summed E-state index contributed by atoms with van der Waals surface area (Å²) in [6.07, 6.45) is 4.20. The molecular weight excluding hydrogens is 475 g/mol. The number of fused-ring (bicyclic) bond motifs is 3. The Morgan fingerprint density at radius 1 is 1.11 bits per heavy atom. The van der Waals surface area contributed by atoms with Crippen LogP contribution in [0.3, 0.4) is 0 Å². The van der Waals surface area contributed by atoms with Gasteiger partial charge in [0, 0.05) is 5.56 Å². The predicted octanol–water partition coefficient (Wildman–Crippen LogP) is 5.53. The van der Waals surface area contributed by atoms with Gasteiger partial charge in [0.15, 0.2) is 16.5 Å². The van der Waals surface area contributed by atoms with E-state index in [1.54, 1.807) is 29.7 Å². The molecule has 0 fully saturated rings. The van der Waals surface area contributed by atoms with E-state index in [-0.39, 0.29) is 18.0 Å². The summed E-state index contributed by atoms with van der Waals surface area (Å²) in [4.78, 5) is 18.7. The van der Waals surface area contributed by atoms with Crippen LogP contribution in [0.25, 0.3) is 22.1 Å². The Bertz CT molecular complexity index is 1720. The fourth-order valence-corrected chi connectivity index (χ4v) is 5.18. The van der Waals surface area contributed by atoms with E-state index in [4.69, 9.17) is 9.47 Å². The number of imidazole rings is 1. The number of allylic oxidation sites excluding steroid dienone is 1. The van der Waals surface area contributed by atoms with Gasteiger partial charge < -0.3 is 9.47 Å². The Labute approximate surface area is 211 Å². The molecule has 2 aromatic heterocycles. The molecule has 0 aliphatic carbocycles. The molecule has 0 unspecified atom stereocenters. The molecule has 5 rings (SSSR count). The highest BCUT2D eigenvalue weighted by molar-refractivity contribution is 7.15. The summed E-state index contributed by atoms with van der Waals surface area (Å²) >= 11 is 1.36. The third-order valence-electron chi connectivity index (χ3n) is 6.19. The van der Waals surface area contributed by atoms with Crippen LogP contribution in [-0.4, -0.2) is 16.5 Å². The molecule has 7 heteroatoms. The maximum absolute atomic E-state index is 13.3.